The van der Waals surface area contributed by atoms with E-state index in [9.17, 15) is 0 Å². The first-order valence-corrected chi connectivity index (χ1v) is 4.59. The van der Waals surface area contributed by atoms with Crippen molar-refractivity contribution < 1.29 is 0 Å². The molecule has 1 aromatic rings. The standard InChI is InChI=1S/C9H15N3/c1-7(10)8-6-12-5-3-2-4-9(12)11-8/h6-7H,2-5,10H2,1H3. The van der Waals surface area contributed by atoms with E-state index in [2.05, 4.69) is 15.7 Å². The van der Waals surface area contributed by atoms with Gasteiger partial charge in [0.2, 0.25) is 0 Å². The van der Waals surface area contributed by atoms with Gasteiger partial charge in [-0.3, -0.25) is 0 Å². The van der Waals surface area contributed by atoms with Crippen molar-refractivity contribution in [1.82, 2.24) is 9.55 Å². The second kappa shape index (κ2) is 2.90. The molecular weight excluding hydrogens is 150 g/mol. The van der Waals surface area contributed by atoms with Gasteiger partial charge in [0.15, 0.2) is 0 Å². The molecule has 1 unspecified atom stereocenters. The number of nitrogens with zero attached hydrogens (tertiary/aromatic N) is 2. The van der Waals surface area contributed by atoms with Crippen LogP contribution in [-0.2, 0) is 13.0 Å². The summed E-state index contributed by atoms with van der Waals surface area (Å²) < 4.78 is 2.24. The molecular formula is C9H15N3. The maximum Gasteiger partial charge on any atom is 0.109 e. The van der Waals surface area contributed by atoms with Crippen molar-refractivity contribution in [3.8, 4) is 0 Å². The number of aromatic nitrogens is 2. The third kappa shape index (κ3) is 1.25. The summed E-state index contributed by atoms with van der Waals surface area (Å²) in [6.07, 6.45) is 5.77. The second-order valence-corrected chi connectivity index (χ2v) is 3.52. The number of hydrogen-bond donors (Lipinski definition) is 1. The van der Waals surface area contributed by atoms with Gasteiger partial charge >= 0.3 is 0 Å². The number of imidazole rings is 1. The summed E-state index contributed by atoms with van der Waals surface area (Å²) in [5.74, 6) is 1.22. The van der Waals surface area contributed by atoms with Crippen LogP contribution >= 0.6 is 0 Å². The van der Waals surface area contributed by atoms with Crippen molar-refractivity contribution in [1.29, 1.82) is 0 Å². The van der Waals surface area contributed by atoms with Gasteiger partial charge in [0.05, 0.1) is 5.69 Å². The predicted molar refractivity (Wildman–Crippen MR) is 47.8 cm³/mol. The average Bonchev–Trinajstić information content (AvgIpc) is 2.46. The van der Waals surface area contributed by atoms with Crippen LogP contribution < -0.4 is 5.73 Å². The molecule has 1 aliphatic heterocycles. The highest BCUT2D eigenvalue weighted by atomic mass is 15.1. The summed E-state index contributed by atoms with van der Waals surface area (Å²) in [7, 11) is 0. The van der Waals surface area contributed by atoms with Crippen LogP contribution in [0.3, 0.4) is 0 Å². The zero-order chi connectivity index (χ0) is 8.55. The summed E-state index contributed by atoms with van der Waals surface area (Å²) >= 11 is 0. The fourth-order valence-electron chi connectivity index (χ4n) is 1.65. The van der Waals surface area contributed by atoms with Crippen molar-refractivity contribution >= 4 is 0 Å². The van der Waals surface area contributed by atoms with Gasteiger partial charge < -0.3 is 10.3 Å². The van der Waals surface area contributed by atoms with Gasteiger partial charge in [-0.05, 0) is 19.8 Å². The maximum absolute atomic E-state index is 5.75. The minimum absolute atomic E-state index is 0.0723. The fourth-order valence-corrected chi connectivity index (χ4v) is 1.65. The number of nitrogens with two attached hydrogens (primary N) is 1. The van der Waals surface area contributed by atoms with E-state index in [0.717, 1.165) is 18.7 Å². The van der Waals surface area contributed by atoms with E-state index in [1.54, 1.807) is 0 Å². The summed E-state index contributed by atoms with van der Waals surface area (Å²) in [6.45, 7) is 3.10. The van der Waals surface area contributed by atoms with E-state index in [1.807, 2.05) is 6.92 Å². The number of aryl methyl sites for hydroxylation is 2. The molecule has 1 aromatic heterocycles. The molecule has 12 heavy (non-hydrogen) atoms. The fraction of sp³-hybridized carbons (Fsp3) is 0.667. The molecule has 3 nitrogen and oxygen atoms in total. The van der Waals surface area contributed by atoms with Crippen molar-refractivity contribution in [2.45, 2.75) is 38.8 Å². The summed E-state index contributed by atoms with van der Waals surface area (Å²) in [6, 6.07) is 0.0723. The minimum atomic E-state index is 0.0723. The Morgan fingerprint density at radius 2 is 2.42 bits per heavy atom. The Labute approximate surface area is 72.6 Å². The molecule has 3 heteroatoms. The summed E-state index contributed by atoms with van der Waals surface area (Å²) in [5.41, 5.74) is 6.78. The largest absolute Gasteiger partial charge is 0.335 e. The van der Waals surface area contributed by atoms with Gasteiger partial charge in [0.1, 0.15) is 5.82 Å². The second-order valence-electron chi connectivity index (χ2n) is 3.52. The van der Waals surface area contributed by atoms with E-state index in [1.165, 1.54) is 18.7 Å². The van der Waals surface area contributed by atoms with Crippen LogP contribution in [0.5, 0.6) is 0 Å². The van der Waals surface area contributed by atoms with E-state index in [0.29, 0.717) is 0 Å². The highest BCUT2D eigenvalue weighted by molar-refractivity contribution is 5.09. The highest BCUT2D eigenvalue weighted by Gasteiger charge is 2.13. The molecule has 1 aliphatic rings. The molecule has 0 bridgehead atoms. The molecule has 1 atom stereocenters. The molecule has 66 valence electrons. The van der Waals surface area contributed by atoms with E-state index < -0.39 is 0 Å². The molecule has 0 spiro atoms. The van der Waals surface area contributed by atoms with Crippen molar-refractivity contribution in [3.05, 3.63) is 17.7 Å². The van der Waals surface area contributed by atoms with E-state index in [4.69, 9.17) is 5.73 Å². The quantitative estimate of drug-likeness (QED) is 0.680. The minimum Gasteiger partial charge on any atom is -0.335 e. The average molecular weight is 165 g/mol. The van der Waals surface area contributed by atoms with Crippen LogP contribution in [0.1, 0.15) is 37.3 Å². The predicted octanol–water partition coefficient (Wildman–Crippen LogP) is 1.24. The van der Waals surface area contributed by atoms with Gasteiger partial charge in [-0.1, -0.05) is 0 Å². The Hall–Kier alpha value is -0.830. The SMILES string of the molecule is CC(N)c1cn2c(n1)CCCC2. The van der Waals surface area contributed by atoms with Crippen LogP contribution in [0.2, 0.25) is 0 Å². The van der Waals surface area contributed by atoms with Crippen molar-refractivity contribution in [2.75, 3.05) is 0 Å². The topological polar surface area (TPSA) is 43.8 Å². The molecule has 0 aliphatic carbocycles. The molecule has 2 heterocycles. The van der Waals surface area contributed by atoms with Gasteiger partial charge in [-0.25, -0.2) is 4.98 Å². The van der Waals surface area contributed by atoms with Crippen LogP contribution in [0.25, 0.3) is 0 Å². The Kier molecular flexibility index (Phi) is 1.89. The lowest BCUT2D eigenvalue weighted by Gasteiger charge is -2.11. The lowest BCUT2D eigenvalue weighted by atomic mass is 10.2. The smallest absolute Gasteiger partial charge is 0.109 e. The van der Waals surface area contributed by atoms with Crippen LogP contribution in [0, 0.1) is 0 Å². The molecule has 0 aromatic carbocycles. The molecule has 0 saturated carbocycles. The van der Waals surface area contributed by atoms with Crippen molar-refractivity contribution in [2.24, 2.45) is 5.73 Å². The normalized spacial score (nSPS) is 18.8. The monoisotopic (exact) mass is 165 g/mol. The Bertz CT molecular complexity index is 252. The zero-order valence-corrected chi connectivity index (χ0v) is 7.45. The number of fused-ring (bicyclic) bond motifs is 1. The number of hydrogen-bond acceptors (Lipinski definition) is 2. The summed E-state index contributed by atoms with van der Waals surface area (Å²) in [5, 5.41) is 0. The lowest BCUT2D eigenvalue weighted by molar-refractivity contribution is 0.522. The van der Waals surface area contributed by atoms with Gasteiger partial charge in [-0.15, -0.1) is 0 Å². The molecule has 2 N–H and O–H groups in total. The molecule has 2 rings (SSSR count). The van der Waals surface area contributed by atoms with Crippen LogP contribution in [0.15, 0.2) is 6.20 Å². The third-order valence-corrected chi connectivity index (χ3v) is 2.39. The van der Waals surface area contributed by atoms with Crippen LogP contribution in [0.4, 0.5) is 0 Å². The highest BCUT2D eigenvalue weighted by Crippen LogP contribution is 2.16. The van der Waals surface area contributed by atoms with Gasteiger partial charge in [0.25, 0.3) is 0 Å². The Morgan fingerprint density at radius 3 is 3.08 bits per heavy atom. The first-order valence-electron chi connectivity index (χ1n) is 4.59. The molecule has 0 fully saturated rings. The third-order valence-electron chi connectivity index (χ3n) is 2.39. The van der Waals surface area contributed by atoms with Crippen LogP contribution in [-0.4, -0.2) is 9.55 Å². The van der Waals surface area contributed by atoms with Gasteiger partial charge in [0, 0.05) is 25.2 Å². The molecule has 0 saturated heterocycles. The molecule has 0 amide bonds. The van der Waals surface area contributed by atoms with E-state index in [-0.39, 0.29) is 6.04 Å². The first kappa shape index (κ1) is 7.80. The number of rotatable bonds is 1. The zero-order valence-electron chi connectivity index (χ0n) is 7.45. The Balaban J connectivity index is 2.32. The molecule has 0 radical (unpaired) electrons. The first-order chi connectivity index (χ1) is 5.77. The van der Waals surface area contributed by atoms with E-state index >= 15 is 0 Å². The maximum atomic E-state index is 5.75. The lowest BCUT2D eigenvalue weighted by Crippen LogP contribution is -2.08. The summed E-state index contributed by atoms with van der Waals surface area (Å²) in [4.78, 5) is 4.49. The van der Waals surface area contributed by atoms with Crippen molar-refractivity contribution in [3.63, 3.8) is 0 Å². The van der Waals surface area contributed by atoms with Gasteiger partial charge in [-0.2, -0.15) is 0 Å². The Morgan fingerprint density at radius 1 is 1.58 bits per heavy atom.